The molecule has 0 fully saturated rings. The van der Waals surface area contributed by atoms with Crippen LogP contribution in [0, 0.1) is 0 Å². The van der Waals surface area contributed by atoms with Crippen molar-refractivity contribution in [2.75, 3.05) is 53.6 Å². The van der Waals surface area contributed by atoms with Gasteiger partial charge in [0.2, 0.25) is 0 Å². The van der Waals surface area contributed by atoms with Crippen LogP contribution in [0.15, 0.2) is 35.3 Å². The number of hydrogen-bond acceptors (Lipinski definition) is 4. The van der Waals surface area contributed by atoms with Gasteiger partial charge in [-0.3, -0.25) is 9.89 Å². The normalized spacial score (nSPS) is 13.0. The first-order valence-corrected chi connectivity index (χ1v) is 9.50. The average molecular weight is 365 g/mol. The number of aliphatic imine (C=N–C) groups is 1. The van der Waals surface area contributed by atoms with Gasteiger partial charge >= 0.3 is 0 Å². The number of ether oxygens (including phenoxy) is 2. The summed E-state index contributed by atoms with van der Waals surface area (Å²) >= 11 is 0. The zero-order valence-electron chi connectivity index (χ0n) is 16.8. The SMILES string of the molecule is CCNC(=NCC(C)N(C)Cc1ccccc1)NCCCOCCOC. The number of nitrogens with one attached hydrogen (secondary N) is 2. The Hall–Kier alpha value is -1.63. The minimum atomic E-state index is 0.364. The van der Waals surface area contributed by atoms with Crippen LogP contribution in [-0.2, 0) is 16.0 Å². The second-order valence-corrected chi connectivity index (χ2v) is 6.35. The molecule has 6 nitrogen and oxygen atoms in total. The van der Waals surface area contributed by atoms with E-state index in [0.29, 0.717) is 19.3 Å². The van der Waals surface area contributed by atoms with Crippen LogP contribution in [0.5, 0.6) is 0 Å². The van der Waals surface area contributed by atoms with E-state index < -0.39 is 0 Å². The van der Waals surface area contributed by atoms with Gasteiger partial charge < -0.3 is 20.1 Å². The molecule has 0 aliphatic heterocycles. The summed E-state index contributed by atoms with van der Waals surface area (Å²) in [5.41, 5.74) is 1.32. The monoisotopic (exact) mass is 364 g/mol. The van der Waals surface area contributed by atoms with Gasteiger partial charge in [-0.25, -0.2) is 0 Å². The summed E-state index contributed by atoms with van der Waals surface area (Å²) in [6, 6.07) is 10.9. The molecule has 0 spiro atoms. The molecule has 0 amide bonds. The first-order chi connectivity index (χ1) is 12.7. The predicted octanol–water partition coefficient (Wildman–Crippen LogP) is 2.12. The van der Waals surface area contributed by atoms with Crippen LogP contribution in [-0.4, -0.2) is 70.5 Å². The minimum Gasteiger partial charge on any atom is -0.382 e. The summed E-state index contributed by atoms with van der Waals surface area (Å²) in [4.78, 5) is 7.04. The maximum atomic E-state index is 5.47. The van der Waals surface area contributed by atoms with Crippen molar-refractivity contribution in [3.8, 4) is 0 Å². The smallest absolute Gasteiger partial charge is 0.191 e. The molecule has 1 unspecified atom stereocenters. The van der Waals surface area contributed by atoms with Crippen LogP contribution in [0.4, 0.5) is 0 Å². The minimum absolute atomic E-state index is 0.364. The van der Waals surface area contributed by atoms with E-state index in [9.17, 15) is 0 Å². The average Bonchev–Trinajstić information content (AvgIpc) is 2.65. The van der Waals surface area contributed by atoms with Gasteiger partial charge in [0.25, 0.3) is 0 Å². The highest BCUT2D eigenvalue weighted by Gasteiger charge is 2.09. The lowest BCUT2D eigenvalue weighted by atomic mass is 10.2. The fraction of sp³-hybridized carbons (Fsp3) is 0.650. The molecule has 1 rings (SSSR count). The Balaban J connectivity index is 2.32. The first-order valence-electron chi connectivity index (χ1n) is 9.50. The number of likely N-dealkylation sites (N-methyl/N-ethyl adjacent to an activating group) is 1. The summed E-state index contributed by atoms with van der Waals surface area (Å²) in [6.07, 6.45) is 0.942. The van der Waals surface area contributed by atoms with Gasteiger partial charge in [0.1, 0.15) is 0 Å². The Kier molecular flexibility index (Phi) is 12.5. The Morgan fingerprint density at radius 2 is 1.92 bits per heavy atom. The zero-order valence-corrected chi connectivity index (χ0v) is 16.8. The fourth-order valence-electron chi connectivity index (χ4n) is 2.36. The first kappa shape index (κ1) is 22.4. The lowest BCUT2D eigenvalue weighted by molar-refractivity contribution is 0.0698. The highest BCUT2D eigenvalue weighted by molar-refractivity contribution is 5.79. The van der Waals surface area contributed by atoms with E-state index in [1.807, 2.05) is 6.07 Å². The number of methoxy groups -OCH3 is 1. The fourth-order valence-corrected chi connectivity index (χ4v) is 2.36. The molecule has 0 bridgehead atoms. The largest absolute Gasteiger partial charge is 0.382 e. The van der Waals surface area contributed by atoms with Gasteiger partial charge in [-0.1, -0.05) is 30.3 Å². The highest BCUT2D eigenvalue weighted by atomic mass is 16.5. The van der Waals surface area contributed by atoms with Crippen molar-refractivity contribution in [3.05, 3.63) is 35.9 Å². The molecule has 148 valence electrons. The van der Waals surface area contributed by atoms with Gasteiger partial charge in [-0.2, -0.15) is 0 Å². The third-order valence-corrected chi connectivity index (χ3v) is 4.07. The van der Waals surface area contributed by atoms with Crippen LogP contribution in [0.3, 0.4) is 0 Å². The molecule has 0 saturated heterocycles. The number of guanidine groups is 1. The summed E-state index contributed by atoms with van der Waals surface area (Å²) in [5, 5.41) is 6.66. The summed E-state index contributed by atoms with van der Waals surface area (Å²) in [6.45, 7) is 9.68. The van der Waals surface area contributed by atoms with Gasteiger partial charge in [-0.05, 0) is 32.9 Å². The van der Waals surface area contributed by atoms with Crippen LogP contribution in [0.1, 0.15) is 25.8 Å². The Morgan fingerprint density at radius 1 is 1.15 bits per heavy atom. The van der Waals surface area contributed by atoms with Crippen LogP contribution in [0.25, 0.3) is 0 Å². The van der Waals surface area contributed by atoms with E-state index in [0.717, 1.165) is 45.2 Å². The van der Waals surface area contributed by atoms with Gasteiger partial charge in [0, 0.05) is 39.4 Å². The van der Waals surface area contributed by atoms with Crippen molar-refractivity contribution in [3.63, 3.8) is 0 Å². The van der Waals surface area contributed by atoms with E-state index in [1.54, 1.807) is 7.11 Å². The molecule has 1 aromatic carbocycles. The maximum Gasteiger partial charge on any atom is 0.191 e. The van der Waals surface area contributed by atoms with Crippen molar-refractivity contribution in [2.24, 2.45) is 4.99 Å². The van der Waals surface area contributed by atoms with Crippen LogP contribution in [0.2, 0.25) is 0 Å². The standard InChI is InChI=1S/C20H36N4O2/c1-5-21-20(22-12-9-13-26-15-14-25-4)23-16-18(2)24(3)17-19-10-7-6-8-11-19/h6-8,10-11,18H,5,9,12-17H2,1-4H3,(H2,21,22,23). The Morgan fingerprint density at radius 3 is 2.62 bits per heavy atom. The van der Waals surface area contributed by atoms with Crippen molar-refractivity contribution in [2.45, 2.75) is 32.9 Å². The molecule has 0 aliphatic rings. The van der Waals surface area contributed by atoms with Crippen molar-refractivity contribution in [1.82, 2.24) is 15.5 Å². The Labute approximate surface area is 159 Å². The van der Waals surface area contributed by atoms with Crippen molar-refractivity contribution >= 4 is 5.96 Å². The Bertz CT molecular complexity index is 482. The van der Waals surface area contributed by atoms with Gasteiger partial charge in [0.15, 0.2) is 5.96 Å². The quantitative estimate of drug-likeness (QED) is 0.319. The summed E-state index contributed by atoms with van der Waals surface area (Å²) < 4.78 is 10.4. The number of hydrogen-bond donors (Lipinski definition) is 2. The molecule has 1 atom stereocenters. The van der Waals surface area contributed by atoms with Crippen LogP contribution < -0.4 is 10.6 Å². The molecule has 6 heteroatoms. The number of benzene rings is 1. The summed E-state index contributed by atoms with van der Waals surface area (Å²) in [5.74, 6) is 0.865. The molecule has 0 saturated carbocycles. The third kappa shape index (κ3) is 10.4. The molecule has 0 radical (unpaired) electrons. The molecule has 0 heterocycles. The van der Waals surface area contributed by atoms with Crippen molar-refractivity contribution in [1.29, 1.82) is 0 Å². The van der Waals surface area contributed by atoms with E-state index in [2.05, 4.69) is 60.7 Å². The lowest BCUT2D eigenvalue weighted by Gasteiger charge is -2.24. The topological polar surface area (TPSA) is 58.1 Å². The van der Waals surface area contributed by atoms with E-state index in [-0.39, 0.29) is 0 Å². The zero-order chi connectivity index (χ0) is 19.0. The van der Waals surface area contributed by atoms with Crippen molar-refractivity contribution < 1.29 is 9.47 Å². The molecular weight excluding hydrogens is 328 g/mol. The maximum absolute atomic E-state index is 5.47. The van der Waals surface area contributed by atoms with E-state index in [1.165, 1.54) is 5.56 Å². The molecule has 1 aromatic rings. The van der Waals surface area contributed by atoms with Gasteiger partial charge in [0.05, 0.1) is 19.8 Å². The number of nitrogens with zero attached hydrogens (tertiary/aromatic N) is 2. The molecule has 26 heavy (non-hydrogen) atoms. The summed E-state index contributed by atoms with van der Waals surface area (Å²) in [7, 11) is 3.83. The lowest BCUT2D eigenvalue weighted by Crippen LogP contribution is -2.39. The number of rotatable bonds is 13. The third-order valence-electron chi connectivity index (χ3n) is 4.07. The second-order valence-electron chi connectivity index (χ2n) is 6.35. The highest BCUT2D eigenvalue weighted by Crippen LogP contribution is 2.06. The predicted molar refractivity (Wildman–Crippen MR) is 109 cm³/mol. The molecule has 0 aliphatic carbocycles. The van der Waals surface area contributed by atoms with Crippen LogP contribution >= 0.6 is 0 Å². The molecular formula is C20H36N4O2. The van der Waals surface area contributed by atoms with Gasteiger partial charge in [-0.15, -0.1) is 0 Å². The van der Waals surface area contributed by atoms with E-state index in [4.69, 9.17) is 14.5 Å². The molecule has 2 N–H and O–H groups in total. The molecule has 0 aromatic heterocycles. The van der Waals surface area contributed by atoms with E-state index >= 15 is 0 Å². The second kappa shape index (κ2) is 14.5.